The van der Waals surface area contributed by atoms with Crippen LogP contribution in [0.5, 0.6) is 0 Å². The molecule has 176 valence electrons. The second-order valence-electron chi connectivity index (χ2n) is 7.91. The van der Waals surface area contributed by atoms with E-state index in [9.17, 15) is 27.1 Å². The Bertz CT molecular complexity index is 1150. The van der Waals surface area contributed by atoms with Crippen molar-refractivity contribution in [3.63, 3.8) is 0 Å². The third kappa shape index (κ3) is 5.14. The first-order valence-electron chi connectivity index (χ1n) is 10.2. The van der Waals surface area contributed by atoms with Crippen molar-refractivity contribution in [1.82, 2.24) is 9.88 Å². The van der Waals surface area contributed by atoms with Crippen LogP contribution in [0.4, 0.5) is 27.6 Å². The summed E-state index contributed by atoms with van der Waals surface area (Å²) >= 11 is 0. The smallest absolute Gasteiger partial charge is 0.405 e. The number of pyridine rings is 1. The monoisotopic (exact) mass is 468 g/mol. The van der Waals surface area contributed by atoms with Crippen molar-refractivity contribution < 1.29 is 31.5 Å². The van der Waals surface area contributed by atoms with Crippen LogP contribution in [0, 0.1) is 5.41 Å². The van der Waals surface area contributed by atoms with E-state index in [0.29, 0.717) is 16.5 Å². The number of aromatic nitrogens is 1. The number of fused-ring (bicyclic) bond motifs is 1. The molecule has 0 bridgehead atoms. The molecule has 0 saturated carbocycles. The molecule has 1 unspecified atom stereocenters. The average Bonchev–Trinajstić information content (AvgIpc) is 3.20. The lowest BCUT2D eigenvalue weighted by molar-refractivity contribution is -0.115. The Labute approximate surface area is 185 Å². The van der Waals surface area contributed by atoms with Crippen LogP contribution < -0.4 is 5.32 Å². The summed E-state index contributed by atoms with van der Waals surface area (Å²) in [7, 11) is 0. The average molecular weight is 468 g/mol. The maximum atomic E-state index is 13.4. The van der Waals surface area contributed by atoms with E-state index in [1.54, 1.807) is 24.3 Å². The molecular weight excluding hydrogens is 447 g/mol. The fraction of sp³-hybridized carbons (Fsp3) is 0.364. The second kappa shape index (κ2) is 8.71. The molecule has 1 fully saturated rings. The standard InChI is InChI=1S/C22H21F5N4O2/c23-21(24)5-7-31(8-6-21)20(32)17-9-16(30-12-22(25,26)27)14(10-29-17)19(28)15-11-33-18-4-2-1-3-13(15)18/h1-4,9-11,20,28,32H,5-8,12H2,(H,29,30). The van der Waals surface area contributed by atoms with Crippen LogP contribution in [0.25, 0.3) is 11.0 Å². The summed E-state index contributed by atoms with van der Waals surface area (Å²) in [6, 6.07) is 8.15. The van der Waals surface area contributed by atoms with Gasteiger partial charge in [-0.15, -0.1) is 0 Å². The molecule has 6 nitrogen and oxygen atoms in total. The van der Waals surface area contributed by atoms with Gasteiger partial charge in [-0.05, 0) is 12.1 Å². The van der Waals surface area contributed by atoms with E-state index in [-0.39, 0.29) is 35.7 Å². The highest BCUT2D eigenvalue weighted by Crippen LogP contribution is 2.33. The molecule has 11 heteroatoms. The number of nitrogens with one attached hydrogen (secondary N) is 2. The maximum absolute atomic E-state index is 13.4. The summed E-state index contributed by atoms with van der Waals surface area (Å²) in [4.78, 5) is 5.53. The van der Waals surface area contributed by atoms with Gasteiger partial charge in [0.15, 0.2) is 6.23 Å². The van der Waals surface area contributed by atoms with Crippen LogP contribution in [0.1, 0.15) is 35.9 Å². The molecule has 0 amide bonds. The molecule has 2 aromatic heterocycles. The molecule has 1 saturated heterocycles. The van der Waals surface area contributed by atoms with Crippen LogP contribution >= 0.6 is 0 Å². The second-order valence-corrected chi connectivity index (χ2v) is 7.91. The molecule has 3 N–H and O–H groups in total. The quantitative estimate of drug-likeness (QED) is 0.353. The molecular formula is C22H21F5N4O2. The minimum Gasteiger partial charge on any atom is -0.464 e. The predicted octanol–water partition coefficient (Wildman–Crippen LogP) is 4.94. The van der Waals surface area contributed by atoms with E-state index >= 15 is 0 Å². The number of hydrogen-bond acceptors (Lipinski definition) is 6. The van der Waals surface area contributed by atoms with Crippen molar-refractivity contribution >= 4 is 22.4 Å². The first-order valence-corrected chi connectivity index (χ1v) is 10.2. The Kier molecular flexibility index (Phi) is 6.10. The maximum Gasteiger partial charge on any atom is 0.405 e. The Balaban J connectivity index is 1.66. The zero-order valence-corrected chi connectivity index (χ0v) is 17.3. The molecule has 3 heterocycles. The number of rotatable bonds is 6. The molecule has 1 aliphatic heterocycles. The summed E-state index contributed by atoms with van der Waals surface area (Å²) in [6.45, 7) is -1.53. The lowest BCUT2D eigenvalue weighted by Crippen LogP contribution is -2.41. The number of aliphatic hydroxyl groups excluding tert-OH is 1. The summed E-state index contributed by atoms with van der Waals surface area (Å²) in [5.41, 5.74) is 0.785. The lowest BCUT2D eigenvalue weighted by atomic mass is 10.0. The van der Waals surface area contributed by atoms with Crippen molar-refractivity contribution in [2.45, 2.75) is 31.2 Å². The van der Waals surface area contributed by atoms with Gasteiger partial charge in [-0.25, -0.2) is 8.78 Å². The number of nitrogens with zero attached hydrogens (tertiary/aromatic N) is 2. The lowest BCUT2D eigenvalue weighted by Gasteiger charge is -2.34. The highest BCUT2D eigenvalue weighted by atomic mass is 19.4. The number of furan rings is 1. The number of para-hydroxylation sites is 1. The fourth-order valence-corrected chi connectivity index (χ4v) is 3.75. The number of benzene rings is 1. The minimum absolute atomic E-state index is 0.00140. The van der Waals surface area contributed by atoms with Gasteiger partial charge in [0.05, 0.1) is 11.4 Å². The summed E-state index contributed by atoms with van der Waals surface area (Å²) < 4.78 is 71.0. The summed E-state index contributed by atoms with van der Waals surface area (Å²) in [5, 5.41) is 22.1. The molecule has 1 aromatic carbocycles. The summed E-state index contributed by atoms with van der Waals surface area (Å²) in [5.74, 6) is -2.81. The van der Waals surface area contributed by atoms with E-state index in [1.165, 1.54) is 23.4 Å². The zero-order valence-electron chi connectivity index (χ0n) is 17.3. The van der Waals surface area contributed by atoms with Gasteiger partial charge >= 0.3 is 6.18 Å². The largest absolute Gasteiger partial charge is 0.464 e. The van der Waals surface area contributed by atoms with Crippen molar-refractivity contribution in [3.8, 4) is 0 Å². The molecule has 0 aliphatic carbocycles. The van der Waals surface area contributed by atoms with Gasteiger partial charge in [0, 0.05) is 54.3 Å². The van der Waals surface area contributed by atoms with Crippen molar-refractivity contribution in [2.24, 2.45) is 0 Å². The number of likely N-dealkylation sites (tertiary alicyclic amines) is 1. The highest BCUT2D eigenvalue weighted by molar-refractivity contribution is 6.19. The molecule has 4 rings (SSSR count). The van der Waals surface area contributed by atoms with Gasteiger partial charge < -0.3 is 14.8 Å². The van der Waals surface area contributed by atoms with Gasteiger partial charge in [0.25, 0.3) is 5.92 Å². The topological polar surface area (TPSA) is 85.4 Å². The predicted molar refractivity (Wildman–Crippen MR) is 112 cm³/mol. The Hall–Kier alpha value is -3.05. The number of aliphatic hydroxyl groups is 1. The van der Waals surface area contributed by atoms with Crippen LogP contribution in [-0.2, 0) is 0 Å². The zero-order chi connectivity index (χ0) is 23.8. The molecule has 1 aliphatic rings. The number of anilines is 1. The number of alkyl halides is 5. The Morgan fingerprint density at radius 3 is 2.61 bits per heavy atom. The van der Waals surface area contributed by atoms with E-state index in [1.807, 2.05) is 0 Å². The van der Waals surface area contributed by atoms with Crippen molar-refractivity contribution in [3.05, 3.63) is 59.6 Å². The van der Waals surface area contributed by atoms with Gasteiger partial charge in [-0.3, -0.25) is 15.3 Å². The number of hydrogen-bond donors (Lipinski definition) is 3. The van der Waals surface area contributed by atoms with Crippen LogP contribution in [-0.4, -0.2) is 52.4 Å². The van der Waals surface area contributed by atoms with Crippen molar-refractivity contribution in [2.75, 3.05) is 25.0 Å². The fourth-order valence-electron chi connectivity index (χ4n) is 3.75. The van der Waals surface area contributed by atoms with Gasteiger partial charge in [0.1, 0.15) is 18.4 Å². The van der Waals surface area contributed by atoms with Crippen LogP contribution in [0.3, 0.4) is 0 Å². The third-order valence-corrected chi connectivity index (χ3v) is 5.56. The first-order chi connectivity index (χ1) is 15.5. The van der Waals surface area contributed by atoms with E-state index < -0.39 is 37.7 Å². The Morgan fingerprint density at radius 1 is 1.21 bits per heavy atom. The molecule has 0 spiro atoms. The Morgan fingerprint density at radius 2 is 1.91 bits per heavy atom. The van der Waals surface area contributed by atoms with E-state index in [4.69, 9.17) is 9.83 Å². The van der Waals surface area contributed by atoms with Gasteiger partial charge in [-0.2, -0.15) is 13.2 Å². The molecule has 3 aromatic rings. The normalized spacial score (nSPS) is 17.8. The van der Waals surface area contributed by atoms with Gasteiger partial charge in [-0.1, -0.05) is 18.2 Å². The summed E-state index contributed by atoms with van der Waals surface area (Å²) in [6.07, 6.45) is -4.22. The van der Waals surface area contributed by atoms with Crippen LogP contribution in [0.15, 0.2) is 47.2 Å². The molecule has 1 atom stereocenters. The van der Waals surface area contributed by atoms with Crippen molar-refractivity contribution in [1.29, 1.82) is 5.41 Å². The van der Waals surface area contributed by atoms with E-state index in [2.05, 4.69) is 10.3 Å². The van der Waals surface area contributed by atoms with Crippen LogP contribution in [0.2, 0.25) is 0 Å². The first kappa shape index (κ1) is 23.1. The molecule has 33 heavy (non-hydrogen) atoms. The van der Waals surface area contributed by atoms with E-state index in [0.717, 1.165) is 0 Å². The molecule has 0 radical (unpaired) electrons. The third-order valence-electron chi connectivity index (χ3n) is 5.56. The minimum atomic E-state index is -4.53. The number of halogens is 5. The number of piperidine rings is 1. The SMILES string of the molecule is N=C(c1cnc(C(O)N2CCC(F)(F)CC2)cc1NCC(F)(F)F)c1coc2ccccc12. The van der Waals surface area contributed by atoms with Gasteiger partial charge in [0.2, 0.25) is 0 Å². The highest BCUT2D eigenvalue weighted by Gasteiger charge is 2.36.